The van der Waals surface area contributed by atoms with Gasteiger partial charge < -0.3 is 20.0 Å². The van der Waals surface area contributed by atoms with Gasteiger partial charge in [0.2, 0.25) is 0 Å². The number of aliphatic carboxylic acids is 1. The monoisotopic (exact) mass is 306 g/mol. The summed E-state index contributed by atoms with van der Waals surface area (Å²) in [5, 5.41) is 8.92. The Morgan fingerprint density at radius 3 is 2.09 bits per heavy atom. The molecule has 0 fully saturated rings. The minimum atomic E-state index is -0.978. The molecule has 2 aromatic heterocycles. The first kappa shape index (κ1) is 16.2. The van der Waals surface area contributed by atoms with Crippen LogP contribution in [0.15, 0.2) is 24.8 Å². The molecule has 0 radical (unpaired) electrons. The number of rotatable bonds is 8. The molecular formula is C14H22N6O2. The second-order valence-corrected chi connectivity index (χ2v) is 5.35. The fourth-order valence-electron chi connectivity index (χ4n) is 2.16. The number of nitrogens with two attached hydrogens (primary N) is 1. The molecule has 0 aliphatic rings. The molecule has 2 aromatic rings. The van der Waals surface area contributed by atoms with Crippen LogP contribution in [0.25, 0.3) is 0 Å². The molecular weight excluding hydrogens is 284 g/mol. The van der Waals surface area contributed by atoms with E-state index in [0.29, 0.717) is 26.1 Å². The second kappa shape index (κ2) is 7.19. The first-order valence-electron chi connectivity index (χ1n) is 7.10. The van der Waals surface area contributed by atoms with Crippen molar-refractivity contribution < 1.29 is 9.90 Å². The molecule has 0 saturated carbocycles. The molecule has 22 heavy (non-hydrogen) atoms. The molecule has 0 spiro atoms. The highest BCUT2D eigenvalue weighted by molar-refractivity contribution is 5.72. The Morgan fingerprint density at radius 2 is 1.73 bits per heavy atom. The van der Waals surface area contributed by atoms with Crippen LogP contribution in [0.2, 0.25) is 0 Å². The summed E-state index contributed by atoms with van der Waals surface area (Å²) in [5.41, 5.74) is 5.60. The van der Waals surface area contributed by atoms with Crippen LogP contribution in [-0.2, 0) is 32.0 Å². The van der Waals surface area contributed by atoms with Crippen LogP contribution in [0.5, 0.6) is 0 Å². The molecule has 0 saturated heterocycles. The summed E-state index contributed by atoms with van der Waals surface area (Å²) in [6.45, 7) is 1.79. The smallest absolute Gasteiger partial charge is 0.320 e. The van der Waals surface area contributed by atoms with E-state index in [-0.39, 0.29) is 0 Å². The molecule has 0 aliphatic carbocycles. The minimum absolute atomic E-state index is 0.379. The van der Waals surface area contributed by atoms with E-state index in [1.165, 1.54) is 0 Å². The Morgan fingerprint density at radius 1 is 1.23 bits per heavy atom. The van der Waals surface area contributed by atoms with Crippen molar-refractivity contribution in [3.8, 4) is 0 Å². The molecule has 0 aliphatic heterocycles. The largest absolute Gasteiger partial charge is 0.480 e. The van der Waals surface area contributed by atoms with Gasteiger partial charge in [-0.25, -0.2) is 9.97 Å². The Bertz CT molecular complexity index is 578. The van der Waals surface area contributed by atoms with Crippen molar-refractivity contribution in [2.75, 3.05) is 6.54 Å². The van der Waals surface area contributed by atoms with Gasteiger partial charge >= 0.3 is 5.97 Å². The number of nitrogens with zero attached hydrogens (tertiary/aromatic N) is 5. The molecule has 2 heterocycles. The Labute approximate surface area is 129 Å². The summed E-state index contributed by atoms with van der Waals surface area (Å²) in [5.74, 6) is 0.852. The van der Waals surface area contributed by atoms with Gasteiger partial charge in [0.25, 0.3) is 0 Å². The van der Waals surface area contributed by atoms with Crippen LogP contribution in [0.1, 0.15) is 18.1 Å². The molecule has 0 amide bonds. The summed E-state index contributed by atoms with van der Waals surface area (Å²) in [7, 11) is 3.87. The molecule has 3 N–H and O–H groups in total. The van der Waals surface area contributed by atoms with Crippen LogP contribution in [0.3, 0.4) is 0 Å². The highest BCUT2D eigenvalue weighted by Crippen LogP contribution is 2.08. The zero-order chi connectivity index (χ0) is 16.1. The third kappa shape index (κ3) is 4.15. The van der Waals surface area contributed by atoms with Crippen LogP contribution in [-0.4, -0.2) is 47.7 Å². The molecule has 0 aromatic carbocycles. The molecule has 0 bridgehead atoms. The number of aryl methyl sites for hydroxylation is 2. The predicted molar refractivity (Wildman–Crippen MR) is 80.8 cm³/mol. The summed E-state index contributed by atoms with van der Waals surface area (Å²) in [4.78, 5) is 21.6. The van der Waals surface area contributed by atoms with Crippen LogP contribution in [0.4, 0.5) is 0 Å². The maximum atomic E-state index is 10.9. The molecule has 1 atom stereocenters. The molecule has 120 valence electrons. The van der Waals surface area contributed by atoms with Gasteiger partial charge in [-0.05, 0) is 6.42 Å². The summed E-state index contributed by atoms with van der Waals surface area (Å²) < 4.78 is 3.89. The lowest BCUT2D eigenvalue weighted by atomic mass is 10.2. The van der Waals surface area contributed by atoms with E-state index < -0.39 is 12.0 Å². The van der Waals surface area contributed by atoms with E-state index in [0.717, 1.165) is 11.6 Å². The second-order valence-electron chi connectivity index (χ2n) is 5.35. The third-order valence-corrected chi connectivity index (χ3v) is 3.65. The lowest BCUT2D eigenvalue weighted by Gasteiger charge is -2.22. The number of aromatic nitrogens is 4. The van der Waals surface area contributed by atoms with E-state index in [1.807, 2.05) is 35.6 Å². The average molecular weight is 306 g/mol. The van der Waals surface area contributed by atoms with Gasteiger partial charge in [-0.15, -0.1) is 0 Å². The standard InChI is InChI=1S/C14H22N6O2/c1-18-7-4-16-12(18)9-20(6-3-11(15)14(21)22)10-13-17-5-8-19(13)2/h4-5,7-8,11H,3,6,9-10,15H2,1-2H3,(H,21,22)/t11-/m0/s1. The third-order valence-electron chi connectivity index (χ3n) is 3.65. The first-order valence-corrected chi connectivity index (χ1v) is 7.10. The zero-order valence-electron chi connectivity index (χ0n) is 12.9. The normalized spacial score (nSPS) is 12.7. The lowest BCUT2D eigenvalue weighted by Crippen LogP contribution is -2.36. The van der Waals surface area contributed by atoms with Crippen molar-refractivity contribution in [2.24, 2.45) is 19.8 Å². The van der Waals surface area contributed by atoms with E-state index in [9.17, 15) is 4.79 Å². The number of carboxylic acid groups (broad SMARTS) is 1. The van der Waals surface area contributed by atoms with Crippen molar-refractivity contribution in [1.82, 2.24) is 24.0 Å². The van der Waals surface area contributed by atoms with Crippen molar-refractivity contribution >= 4 is 5.97 Å². The maximum Gasteiger partial charge on any atom is 0.320 e. The van der Waals surface area contributed by atoms with E-state index in [4.69, 9.17) is 10.8 Å². The van der Waals surface area contributed by atoms with Crippen molar-refractivity contribution in [3.63, 3.8) is 0 Å². The molecule has 8 heteroatoms. The van der Waals surface area contributed by atoms with Gasteiger partial charge in [0, 0.05) is 45.4 Å². The summed E-state index contributed by atoms with van der Waals surface area (Å²) >= 11 is 0. The van der Waals surface area contributed by atoms with E-state index >= 15 is 0 Å². The van der Waals surface area contributed by atoms with E-state index in [2.05, 4.69) is 14.9 Å². The zero-order valence-corrected chi connectivity index (χ0v) is 12.9. The number of hydrogen-bond donors (Lipinski definition) is 2. The quantitative estimate of drug-likeness (QED) is 0.709. The first-order chi connectivity index (χ1) is 10.5. The highest BCUT2D eigenvalue weighted by Gasteiger charge is 2.17. The number of carboxylic acids is 1. The SMILES string of the molecule is Cn1ccnc1CN(CC[C@H](N)C(=O)O)Cc1nccn1C. The van der Waals surface area contributed by atoms with Gasteiger partial charge in [-0.3, -0.25) is 9.69 Å². The number of carbonyl (C=O) groups is 1. The number of imidazole rings is 2. The topological polar surface area (TPSA) is 102 Å². The van der Waals surface area contributed by atoms with Gasteiger partial charge in [0.15, 0.2) is 0 Å². The molecule has 0 unspecified atom stereocenters. The van der Waals surface area contributed by atoms with Crippen molar-refractivity contribution in [3.05, 3.63) is 36.4 Å². The predicted octanol–water partition coefficient (Wildman–Crippen LogP) is -0.0422. The average Bonchev–Trinajstić information content (AvgIpc) is 3.05. The number of hydrogen-bond acceptors (Lipinski definition) is 5. The molecule has 2 rings (SSSR count). The maximum absolute atomic E-state index is 10.9. The van der Waals surface area contributed by atoms with Crippen LogP contribution < -0.4 is 5.73 Å². The Balaban J connectivity index is 2.04. The van der Waals surface area contributed by atoms with E-state index in [1.54, 1.807) is 12.4 Å². The Kier molecular flexibility index (Phi) is 5.29. The molecule has 8 nitrogen and oxygen atoms in total. The van der Waals surface area contributed by atoms with Gasteiger partial charge in [0.05, 0.1) is 13.1 Å². The summed E-state index contributed by atoms with van der Waals surface area (Å²) in [6.07, 6.45) is 7.65. The fraction of sp³-hybridized carbons (Fsp3) is 0.500. The van der Waals surface area contributed by atoms with Crippen LogP contribution >= 0.6 is 0 Å². The van der Waals surface area contributed by atoms with Gasteiger partial charge in [0.1, 0.15) is 17.7 Å². The van der Waals surface area contributed by atoms with Crippen molar-refractivity contribution in [1.29, 1.82) is 0 Å². The highest BCUT2D eigenvalue weighted by atomic mass is 16.4. The van der Waals surface area contributed by atoms with Gasteiger partial charge in [-0.1, -0.05) is 0 Å². The minimum Gasteiger partial charge on any atom is -0.480 e. The van der Waals surface area contributed by atoms with Crippen LogP contribution in [0, 0.1) is 0 Å². The fourth-order valence-corrected chi connectivity index (χ4v) is 2.16. The Hall–Kier alpha value is -2.19. The lowest BCUT2D eigenvalue weighted by molar-refractivity contribution is -0.138. The van der Waals surface area contributed by atoms with Crippen molar-refractivity contribution in [2.45, 2.75) is 25.6 Å². The van der Waals surface area contributed by atoms with Gasteiger partial charge in [-0.2, -0.15) is 0 Å². The summed E-state index contributed by atoms with van der Waals surface area (Å²) in [6, 6.07) is -0.856.